The summed E-state index contributed by atoms with van der Waals surface area (Å²) in [5.41, 5.74) is 3.48. The molecule has 1 aliphatic heterocycles. The van der Waals surface area contributed by atoms with Crippen molar-refractivity contribution >= 4 is 16.6 Å². The number of benzene rings is 1. The Morgan fingerprint density at radius 2 is 1.89 bits per heavy atom. The minimum absolute atomic E-state index is 0.532. The molecule has 0 spiro atoms. The lowest BCUT2D eigenvalue weighted by Crippen LogP contribution is -2.47. The van der Waals surface area contributed by atoms with E-state index >= 15 is 0 Å². The zero-order valence-corrected chi connectivity index (χ0v) is 11.5. The average Bonchev–Trinajstić information content (AvgIpc) is 2.43. The Morgan fingerprint density at radius 3 is 2.68 bits per heavy atom. The Bertz CT molecular complexity index is 554. The monoisotopic (exact) mass is 256 g/mol. The predicted molar refractivity (Wildman–Crippen MR) is 77.8 cm³/mol. The van der Waals surface area contributed by atoms with Crippen molar-refractivity contribution in [1.29, 1.82) is 0 Å². The van der Waals surface area contributed by atoms with E-state index < -0.39 is 0 Å². The molecule has 1 N–H and O–H groups in total. The van der Waals surface area contributed by atoms with Gasteiger partial charge in [0.25, 0.3) is 0 Å². The smallest absolute Gasteiger partial charge is 0.170 e. The molecule has 2 heterocycles. The maximum Gasteiger partial charge on any atom is 0.170 e. The number of aromatic nitrogens is 2. The van der Waals surface area contributed by atoms with E-state index in [0.29, 0.717) is 12.1 Å². The molecule has 3 rings (SSSR count). The van der Waals surface area contributed by atoms with E-state index in [1.165, 1.54) is 19.3 Å². The van der Waals surface area contributed by atoms with Crippen molar-refractivity contribution in [3.05, 3.63) is 30.5 Å². The molecule has 1 aliphatic rings. The number of rotatable bonds is 2. The first kappa shape index (κ1) is 12.4. The van der Waals surface area contributed by atoms with Gasteiger partial charge < -0.3 is 5.43 Å². The molecule has 0 saturated carbocycles. The summed E-state index contributed by atoms with van der Waals surface area (Å²) in [6.45, 7) is 4.53. The molecule has 1 aromatic heterocycles. The fourth-order valence-corrected chi connectivity index (χ4v) is 2.87. The number of fused-ring (bicyclic) bond motifs is 1. The van der Waals surface area contributed by atoms with E-state index in [-0.39, 0.29) is 0 Å². The lowest BCUT2D eigenvalue weighted by molar-refractivity contribution is 0.135. The summed E-state index contributed by atoms with van der Waals surface area (Å²) in [5, 5.41) is 12.9. The second-order valence-corrected chi connectivity index (χ2v) is 5.43. The van der Waals surface area contributed by atoms with Crippen LogP contribution in [0.3, 0.4) is 0 Å². The first-order valence-electron chi connectivity index (χ1n) is 7.01. The number of piperidine rings is 1. The summed E-state index contributed by atoms with van der Waals surface area (Å²) >= 11 is 0. The summed E-state index contributed by atoms with van der Waals surface area (Å²) in [5.74, 6) is 0.860. The highest BCUT2D eigenvalue weighted by molar-refractivity contribution is 5.90. The van der Waals surface area contributed by atoms with E-state index in [1.54, 1.807) is 0 Å². The molecule has 19 heavy (non-hydrogen) atoms. The number of nitrogens with zero attached hydrogens (tertiary/aromatic N) is 3. The fraction of sp³-hybridized carbons (Fsp3) is 0.467. The summed E-state index contributed by atoms with van der Waals surface area (Å²) in [7, 11) is 0. The van der Waals surface area contributed by atoms with Gasteiger partial charge in [-0.25, -0.2) is 5.01 Å². The molecule has 1 saturated heterocycles. The van der Waals surface area contributed by atoms with Crippen LogP contribution in [0, 0.1) is 0 Å². The van der Waals surface area contributed by atoms with Gasteiger partial charge in [-0.05, 0) is 26.7 Å². The van der Waals surface area contributed by atoms with Crippen LogP contribution in [0.4, 0.5) is 5.82 Å². The van der Waals surface area contributed by atoms with Crippen molar-refractivity contribution in [1.82, 2.24) is 15.2 Å². The fourth-order valence-electron chi connectivity index (χ4n) is 2.87. The van der Waals surface area contributed by atoms with Gasteiger partial charge in [0.1, 0.15) is 0 Å². The highest BCUT2D eigenvalue weighted by Crippen LogP contribution is 2.25. The van der Waals surface area contributed by atoms with Crippen LogP contribution in [0.5, 0.6) is 0 Å². The molecule has 2 unspecified atom stereocenters. The van der Waals surface area contributed by atoms with Crippen molar-refractivity contribution in [2.75, 3.05) is 5.43 Å². The molecule has 100 valence electrons. The van der Waals surface area contributed by atoms with Crippen LogP contribution in [0.1, 0.15) is 33.1 Å². The molecule has 4 nitrogen and oxygen atoms in total. The van der Waals surface area contributed by atoms with Gasteiger partial charge in [-0.3, -0.25) is 0 Å². The Labute approximate surface area is 113 Å². The standard InChI is InChI=1S/C15H20N4/c1-11-6-5-7-12(2)19(11)18-15-14-9-4-3-8-13(14)10-16-17-15/h3-4,8-12H,5-7H2,1-2H3,(H,17,18). The number of hydrogen-bond acceptors (Lipinski definition) is 4. The molecule has 0 aliphatic carbocycles. The van der Waals surface area contributed by atoms with Gasteiger partial charge in [0.2, 0.25) is 0 Å². The van der Waals surface area contributed by atoms with Crippen LogP contribution >= 0.6 is 0 Å². The first-order valence-corrected chi connectivity index (χ1v) is 7.01. The van der Waals surface area contributed by atoms with E-state index in [9.17, 15) is 0 Å². The third-order valence-corrected chi connectivity index (χ3v) is 4.00. The molecule has 0 radical (unpaired) electrons. The number of anilines is 1. The summed E-state index contributed by atoms with van der Waals surface area (Å²) < 4.78 is 0. The number of hydrogen-bond donors (Lipinski definition) is 1. The lowest BCUT2D eigenvalue weighted by Gasteiger charge is -2.39. The van der Waals surface area contributed by atoms with Crippen molar-refractivity contribution in [3.8, 4) is 0 Å². The second-order valence-electron chi connectivity index (χ2n) is 5.43. The van der Waals surface area contributed by atoms with Crippen molar-refractivity contribution in [3.63, 3.8) is 0 Å². The van der Waals surface area contributed by atoms with E-state index in [4.69, 9.17) is 0 Å². The van der Waals surface area contributed by atoms with Crippen LogP contribution < -0.4 is 5.43 Å². The topological polar surface area (TPSA) is 41.0 Å². The molecule has 1 aromatic carbocycles. The molecule has 2 atom stereocenters. The Morgan fingerprint density at radius 1 is 1.16 bits per heavy atom. The number of hydrazine groups is 1. The van der Waals surface area contributed by atoms with Crippen LogP contribution in [-0.2, 0) is 0 Å². The molecular formula is C15H20N4. The molecule has 2 aromatic rings. The van der Waals surface area contributed by atoms with Gasteiger partial charge >= 0.3 is 0 Å². The normalized spacial score (nSPS) is 24.5. The van der Waals surface area contributed by atoms with Crippen LogP contribution in [0.15, 0.2) is 30.5 Å². The van der Waals surface area contributed by atoms with Crippen molar-refractivity contribution < 1.29 is 0 Å². The van der Waals surface area contributed by atoms with Crippen LogP contribution in [0.2, 0.25) is 0 Å². The maximum atomic E-state index is 4.27. The van der Waals surface area contributed by atoms with E-state index in [1.807, 2.05) is 18.3 Å². The van der Waals surface area contributed by atoms with Crippen molar-refractivity contribution in [2.24, 2.45) is 0 Å². The van der Waals surface area contributed by atoms with Gasteiger partial charge in [0, 0.05) is 22.9 Å². The second kappa shape index (κ2) is 5.13. The molecule has 0 amide bonds. The number of nitrogens with one attached hydrogen (secondary N) is 1. The first-order chi connectivity index (χ1) is 9.25. The van der Waals surface area contributed by atoms with Gasteiger partial charge in [0.15, 0.2) is 5.82 Å². The molecule has 4 heteroatoms. The Hall–Kier alpha value is -1.68. The summed E-state index contributed by atoms with van der Waals surface area (Å²) in [4.78, 5) is 0. The minimum Gasteiger partial charge on any atom is -0.301 e. The van der Waals surface area contributed by atoms with E-state index in [0.717, 1.165) is 16.6 Å². The zero-order chi connectivity index (χ0) is 13.2. The van der Waals surface area contributed by atoms with Crippen LogP contribution in [0.25, 0.3) is 10.8 Å². The third-order valence-electron chi connectivity index (χ3n) is 4.00. The van der Waals surface area contributed by atoms with Gasteiger partial charge in [-0.15, -0.1) is 5.10 Å². The average molecular weight is 256 g/mol. The minimum atomic E-state index is 0.532. The summed E-state index contributed by atoms with van der Waals surface area (Å²) in [6, 6.07) is 9.29. The van der Waals surface area contributed by atoms with Gasteiger partial charge in [-0.2, -0.15) is 5.10 Å². The Kier molecular flexibility index (Phi) is 3.34. The maximum absolute atomic E-state index is 4.27. The third kappa shape index (κ3) is 2.40. The summed E-state index contributed by atoms with van der Waals surface area (Å²) in [6.07, 6.45) is 5.58. The highest BCUT2D eigenvalue weighted by Gasteiger charge is 2.25. The van der Waals surface area contributed by atoms with Gasteiger partial charge in [0.05, 0.1) is 6.20 Å². The van der Waals surface area contributed by atoms with Crippen molar-refractivity contribution in [2.45, 2.75) is 45.2 Å². The van der Waals surface area contributed by atoms with Crippen LogP contribution in [-0.4, -0.2) is 27.3 Å². The SMILES string of the molecule is CC1CCCC(C)N1Nc1nncc2ccccc12. The lowest BCUT2D eigenvalue weighted by atomic mass is 10.00. The van der Waals surface area contributed by atoms with E-state index in [2.05, 4.69) is 46.6 Å². The highest BCUT2D eigenvalue weighted by atomic mass is 15.6. The molecular weight excluding hydrogens is 236 g/mol. The molecule has 0 bridgehead atoms. The largest absolute Gasteiger partial charge is 0.301 e. The van der Waals surface area contributed by atoms with Gasteiger partial charge in [-0.1, -0.05) is 30.7 Å². The Balaban J connectivity index is 1.92. The predicted octanol–water partition coefficient (Wildman–Crippen LogP) is 3.22. The molecule has 1 fully saturated rings. The zero-order valence-electron chi connectivity index (χ0n) is 11.5. The quantitative estimate of drug-likeness (QED) is 0.895.